The molecule has 3 rings (SSSR count). The van der Waals surface area contributed by atoms with E-state index in [9.17, 15) is 9.59 Å². The Kier molecular flexibility index (Phi) is 2.87. The minimum Gasteiger partial charge on any atom is -0.288 e. The van der Waals surface area contributed by atoms with Crippen molar-refractivity contribution in [1.82, 2.24) is 14.8 Å². The predicted octanol–water partition coefficient (Wildman–Crippen LogP) is 1.17. The molecule has 0 radical (unpaired) electrons. The van der Waals surface area contributed by atoms with E-state index >= 15 is 0 Å². The van der Waals surface area contributed by atoms with Crippen LogP contribution in [0.15, 0.2) is 30.6 Å². The molecule has 102 valence electrons. The molecule has 6 heteroatoms. The van der Waals surface area contributed by atoms with Gasteiger partial charge >= 0.3 is 0 Å². The van der Waals surface area contributed by atoms with Crippen molar-refractivity contribution in [2.24, 2.45) is 7.05 Å². The van der Waals surface area contributed by atoms with E-state index in [0.717, 1.165) is 5.56 Å². The average Bonchev–Trinajstić information content (AvgIpc) is 3.02. The minimum atomic E-state index is -0.219. The van der Waals surface area contributed by atoms with Crippen molar-refractivity contribution >= 4 is 11.7 Å². The molecule has 1 amide bonds. The topological polar surface area (TPSA) is 64.4 Å². The molecule has 0 saturated carbocycles. The third-order valence-corrected chi connectivity index (χ3v) is 3.33. The van der Waals surface area contributed by atoms with E-state index in [1.807, 2.05) is 0 Å². The number of ketones is 1. The fourth-order valence-electron chi connectivity index (χ4n) is 2.27. The number of carbonyl (C=O) groups is 2. The van der Waals surface area contributed by atoms with Gasteiger partial charge in [0.25, 0.3) is 5.91 Å². The van der Waals surface area contributed by atoms with Gasteiger partial charge in [0.2, 0.25) is 0 Å². The monoisotopic (exact) mass is 271 g/mol. The Morgan fingerprint density at radius 3 is 2.80 bits per heavy atom. The first-order valence-corrected chi connectivity index (χ1v) is 6.12. The number of fused-ring (bicyclic) bond motifs is 1. The van der Waals surface area contributed by atoms with Crippen molar-refractivity contribution in [2.45, 2.75) is 6.54 Å². The maximum Gasteiger partial charge on any atom is 0.278 e. The molecule has 0 fully saturated rings. The van der Waals surface area contributed by atoms with Gasteiger partial charge in [0.15, 0.2) is 5.78 Å². The van der Waals surface area contributed by atoms with Gasteiger partial charge in [0, 0.05) is 24.4 Å². The van der Waals surface area contributed by atoms with Crippen LogP contribution < -0.4 is 0 Å². The quantitative estimate of drug-likeness (QED) is 0.786. The fourth-order valence-corrected chi connectivity index (χ4v) is 2.27. The predicted molar refractivity (Wildman–Crippen MR) is 70.0 cm³/mol. The number of amides is 1. The van der Waals surface area contributed by atoms with Crippen molar-refractivity contribution in [1.29, 1.82) is 0 Å². The molecule has 0 unspecified atom stereocenters. The van der Waals surface area contributed by atoms with E-state index in [-0.39, 0.29) is 11.7 Å². The van der Waals surface area contributed by atoms with Crippen molar-refractivity contribution in [3.05, 3.63) is 52.8 Å². The largest absolute Gasteiger partial charge is 0.288 e. The highest BCUT2D eigenvalue weighted by Crippen LogP contribution is 2.24. The van der Waals surface area contributed by atoms with Crippen molar-refractivity contribution in [2.75, 3.05) is 7.11 Å². The van der Waals surface area contributed by atoms with Crippen LogP contribution >= 0.6 is 0 Å². The average molecular weight is 271 g/mol. The molecule has 0 spiro atoms. The third-order valence-electron chi connectivity index (χ3n) is 3.33. The zero-order valence-corrected chi connectivity index (χ0v) is 11.2. The van der Waals surface area contributed by atoms with Crippen LogP contribution in [0.3, 0.4) is 0 Å². The zero-order valence-electron chi connectivity index (χ0n) is 11.2. The SMILES string of the molecule is CON1Cc2ccc(C(=O)c3cnn(C)c3)cc2C1=O. The van der Waals surface area contributed by atoms with Gasteiger partial charge in [-0.15, -0.1) is 0 Å². The Morgan fingerprint density at radius 1 is 1.35 bits per heavy atom. The molecule has 0 N–H and O–H groups in total. The van der Waals surface area contributed by atoms with Crippen molar-refractivity contribution < 1.29 is 14.4 Å². The van der Waals surface area contributed by atoms with E-state index < -0.39 is 0 Å². The number of benzene rings is 1. The first kappa shape index (κ1) is 12.6. The van der Waals surface area contributed by atoms with Gasteiger partial charge in [-0.05, 0) is 11.6 Å². The molecular formula is C14H13N3O3. The summed E-state index contributed by atoms with van der Waals surface area (Å²) in [4.78, 5) is 29.3. The molecule has 0 bridgehead atoms. The first-order chi connectivity index (χ1) is 9.60. The summed E-state index contributed by atoms with van der Waals surface area (Å²) >= 11 is 0. The second kappa shape index (κ2) is 4.57. The van der Waals surface area contributed by atoms with Gasteiger partial charge in [-0.2, -0.15) is 5.10 Å². The smallest absolute Gasteiger partial charge is 0.278 e. The molecule has 0 atom stereocenters. The number of rotatable bonds is 3. The Bertz CT molecular complexity index is 705. The third kappa shape index (κ3) is 1.90. The molecule has 6 nitrogen and oxygen atoms in total. The summed E-state index contributed by atoms with van der Waals surface area (Å²) in [5, 5.41) is 5.24. The standard InChI is InChI=1S/C14H13N3O3/c1-16-7-11(6-15-16)13(18)9-3-4-10-8-17(20-2)14(19)12(10)5-9/h3-7H,8H2,1-2H3. The molecular weight excluding hydrogens is 258 g/mol. The lowest BCUT2D eigenvalue weighted by molar-refractivity contribution is -0.0956. The molecule has 0 aliphatic carbocycles. The van der Waals surface area contributed by atoms with Gasteiger partial charge in [-0.3, -0.25) is 19.1 Å². The zero-order chi connectivity index (χ0) is 14.3. The lowest BCUT2D eigenvalue weighted by Crippen LogP contribution is -2.22. The number of carbonyl (C=O) groups excluding carboxylic acids is 2. The highest BCUT2D eigenvalue weighted by atomic mass is 16.7. The summed E-state index contributed by atoms with van der Waals surface area (Å²) in [5.41, 5.74) is 2.35. The van der Waals surface area contributed by atoms with Crippen LogP contribution in [-0.2, 0) is 18.4 Å². The Balaban J connectivity index is 1.96. The molecule has 2 heterocycles. The lowest BCUT2D eigenvalue weighted by atomic mass is 10.0. The summed E-state index contributed by atoms with van der Waals surface area (Å²) in [6.45, 7) is 0.409. The van der Waals surface area contributed by atoms with E-state index in [1.165, 1.54) is 18.4 Å². The van der Waals surface area contributed by atoms with Crippen LogP contribution in [0.2, 0.25) is 0 Å². The van der Waals surface area contributed by atoms with Crippen molar-refractivity contribution in [3.8, 4) is 0 Å². The summed E-state index contributed by atoms with van der Waals surface area (Å²) < 4.78 is 1.57. The lowest BCUT2D eigenvalue weighted by Gasteiger charge is -2.10. The molecule has 1 aromatic heterocycles. The highest BCUT2D eigenvalue weighted by molar-refractivity contribution is 6.10. The van der Waals surface area contributed by atoms with E-state index in [2.05, 4.69) is 5.10 Å². The minimum absolute atomic E-state index is 0.149. The van der Waals surface area contributed by atoms with Crippen molar-refractivity contribution in [3.63, 3.8) is 0 Å². The second-order valence-electron chi connectivity index (χ2n) is 4.63. The maximum absolute atomic E-state index is 12.3. The van der Waals surface area contributed by atoms with Crippen LogP contribution in [-0.4, -0.2) is 33.6 Å². The first-order valence-electron chi connectivity index (χ1n) is 6.12. The van der Waals surface area contributed by atoms with Crippen LogP contribution in [0, 0.1) is 0 Å². The van der Waals surface area contributed by atoms with Gasteiger partial charge in [0.05, 0.1) is 25.4 Å². The van der Waals surface area contributed by atoms with Crippen LogP contribution in [0.1, 0.15) is 31.8 Å². The maximum atomic E-state index is 12.3. The Hall–Kier alpha value is -2.47. The number of hydrogen-bond acceptors (Lipinski definition) is 4. The summed E-state index contributed by atoms with van der Waals surface area (Å²) in [7, 11) is 3.20. The Morgan fingerprint density at radius 2 is 2.15 bits per heavy atom. The number of nitrogens with zero attached hydrogens (tertiary/aromatic N) is 3. The molecule has 1 aliphatic rings. The number of hydroxylamine groups is 2. The van der Waals surface area contributed by atoms with Crippen LogP contribution in [0.25, 0.3) is 0 Å². The number of hydrogen-bond donors (Lipinski definition) is 0. The summed E-state index contributed by atoms with van der Waals surface area (Å²) in [6, 6.07) is 5.13. The van der Waals surface area contributed by atoms with Gasteiger partial charge in [0.1, 0.15) is 0 Å². The molecule has 1 aliphatic heterocycles. The van der Waals surface area contributed by atoms with E-state index in [4.69, 9.17) is 4.84 Å². The number of aryl methyl sites for hydroxylation is 1. The van der Waals surface area contributed by atoms with E-state index in [0.29, 0.717) is 23.2 Å². The van der Waals surface area contributed by atoms with Gasteiger partial charge < -0.3 is 0 Å². The normalized spacial score (nSPS) is 13.7. The Labute approximate surface area is 115 Å². The highest BCUT2D eigenvalue weighted by Gasteiger charge is 2.28. The molecule has 0 saturated heterocycles. The second-order valence-corrected chi connectivity index (χ2v) is 4.63. The fraction of sp³-hybridized carbons (Fsp3) is 0.214. The molecule has 20 heavy (non-hydrogen) atoms. The molecule has 1 aromatic carbocycles. The van der Waals surface area contributed by atoms with E-state index in [1.54, 1.807) is 36.1 Å². The molecule has 2 aromatic rings. The van der Waals surface area contributed by atoms with Gasteiger partial charge in [-0.1, -0.05) is 12.1 Å². The summed E-state index contributed by atoms with van der Waals surface area (Å²) in [6.07, 6.45) is 3.16. The number of aromatic nitrogens is 2. The van der Waals surface area contributed by atoms with Crippen LogP contribution in [0.4, 0.5) is 0 Å². The van der Waals surface area contributed by atoms with Gasteiger partial charge in [-0.25, -0.2) is 5.06 Å². The van der Waals surface area contributed by atoms with Crippen LogP contribution in [0.5, 0.6) is 0 Å². The summed E-state index contributed by atoms with van der Waals surface area (Å²) in [5.74, 6) is -0.368.